The molecule has 1 unspecified atom stereocenters. The molecule has 0 aromatic heterocycles. The maximum absolute atomic E-state index is 11.0. The van der Waals surface area contributed by atoms with Crippen molar-refractivity contribution in [2.45, 2.75) is 38.5 Å². The summed E-state index contributed by atoms with van der Waals surface area (Å²) < 4.78 is 16.8. The number of carbonyl (C=O) groups is 1. The summed E-state index contributed by atoms with van der Waals surface area (Å²) in [6.07, 6.45) is -0.357. The molecule has 1 fully saturated rings. The van der Waals surface area contributed by atoms with Crippen LogP contribution in [0.1, 0.15) is 25.8 Å². The van der Waals surface area contributed by atoms with E-state index in [0.29, 0.717) is 36.2 Å². The maximum Gasteiger partial charge on any atom is 0.306 e. The largest absolute Gasteiger partial charge is 0.481 e. The summed E-state index contributed by atoms with van der Waals surface area (Å²) in [5.41, 5.74) is 0.452. The van der Waals surface area contributed by atoms with Gasteiger partial charge in [0.1, 0.15) is 0 Å². The zero-order chi connectivity index (χ0) is 16.6. The standard InChI is InChI=1S/C16H20ClNO5/c1-16(2)8-18(6-10(23-16)5-14(19)20)7-11-12(17)3-4-13-15(11)22-9-21-13/h3-4,10H,5-9H2,1-2H3,(H,19,20). The van der Waals surface area contributed by atoms with Gasteiger partial charge >= 0.3 is 5.97 Å². The number of ether oxygens (including phenoxy) is 3. The van der Waals surface area contributed by atoms with Crippen LogP contribution in [0.4, 0.5) is 0 Å². The topological polar surface area (TPSA) is 68.2 Å². The molecule has 1 N–H and O–H groups in total. The second-order valence-corrected chi connectivity index (χ2v) is 6.93. The van der Waals surface area contributed by atoms with E-state index in [4.69, 9.17) is 30.9 Å². The predicted octanol–water partition coefficient (Wildman–Crippen LogP) is 2.52. The normalized spacial score (nSPS) is 23.0. The lowest BCUT2D eigenvalue weighted by molar-refractivity contribution is -0.158. The molecule has 0 radical (unpaired) electrons. The van der Waals surface area contributed by atoms with Gasteiger partial charge in [0.05, 0.1) is 18.1 Å². The van der Waals surface area contributed by atoms with Crippen LogP contribution >= 0.6 is 11.6 Å². The number of rotatable bonds is 4. The summed E-state index contributed by atoms with van der Waals surface area (Å²) in [6.45, 7) is 5.91. The number of halogens is 1. The van der Waals surface area contributed by atoms with E-state index < -0.39 is 11.6 Å². The van der Waals surface area contributed by atoms with Gasteiger partial charge in [-0.05, 0) is 26.0 Å². The van der Waals surface area contributed by atoms with Crippen molar-refractivity contribution in [3.8, 4) is 11.5 Å². The van der Waals surface area contributed by atoms with Crippen LogP contribution in [0.3, 0.4) is 0 Å². The number of aliphatic carboxylic acids is 1. The highest BCUT2D eigenvalue weighted by Gasteiger charge is 2.35. The van der Waals surface area contributed by atoms with Crippen LogP contribution in [0.25, 0.3) is 0 Å². The molecule has 0 saturated carbocycles. The summed E-state index contributed by atoms with van der Waals surface area (Å²) in [7, 11) is 0. The summed E-state index contributed by atoms with van der Waals surface area (Å²) in [6, 6.07) is 3.59. The van der Waals surface area contributed by atoms with Crippen molar-refractivity contribution in [3.63, 3.8) is 0 Å². The molecule has 2 aliphatic heterocycles. The fraction of sp³-hybridized carbons (Fsp3) is 0.562. The number of benzene rings is 1. The minimum absolute atomic E-state index is 0.0137. The summed E-state index contributed by atoms with van der Waals surface area (Å²) in [5.74, 6) is 0.513. The molecule has 1 saturated heterocycles. The fourth-order valence-electron chi connectivity index (χ4n) is 3.22. The second-order valence-electron chi connectivity index (χ2n) is 6.53. The molecule has 23 heavy (non-hydrogen) atoms. The minimum Gasteiger partial charge on any atom is -0.481 e. The van der Waals surface area contributed by atoms with Crippen molar-refractivity contribution in [1.82, 2.24) is 4.90 Å². The molecule has 0 amide bonds. The first-order valence-corrected chi connectivity index (χ1v) is 7.91. The maximum atomic E-state index is 11.0. The minimum atomic E-state index is -0.858. The summed E-state index contributed by atoms with van der Waals surface area (Å²) in [5, 5.41) is 9.65. The van der Waals surface area contributed by atoms with E-state index in [1.165, 1.54) is 0 Å². The third-order valence-electron chi connectivity index (χ3n) is 3.92. The number of morpholine rings is 1. The van der Waals surface area contributed by atoms with Gasteiger partial charge in [-0.15, -0.1) is 0 Å². The number of nitrogens with zero attached hydrogens (tertiary/aromatic N) is 1. The molecule has 7 heteroatoms. The van der Waals surface area contributed by atoms with Gasteiger partial charge in [0.25, 0.3) is 0 Å². The Kier molecular flexibility index (Phi) is 4.40. The Labute approximate surface area is 139 Å². The van der Waals surface area contributed by atoms with E-state index in [1.807, 2.05) is 13.8 Å². The molecular weight excluding hydrogens is 322 g/mol. The van der Waals surface area contributed by atoms with Gasteiger partial charge < -0.3 is 19.3 Å². The average molecular weight is 342 g/mol. The molecule has 2 aliphatic rings. The van der Waals surface area contributed by atoms with Crippen molar-refractivity contribution in [1.29, 1.82) is 0 Å². The van der Waals surface area contributed by atoms with Crippen LogP contribution in [0.2, 0.25) is 5.02 Å². The molecule has 3 rings (SSSR count). The van der Waals surface area contributed by atoms with E-state index in [9.17, 15) is 4.79 Å². The first-order chi connectivity index (χ1) is 10.8. The Morgan fingerprint density at radius 3 is 2.96 bits per heavy atom. The van der Waals surface area contributed by atoms with Crippen LogP contribution in [0, 0.1) is 0 Å². The number of carboxylic acid groups (broad SMARTS) is 1. The lowest BCUT2D eigenvalue weighted by Crippen LogP contribution is -2.52. The Bertz CT molecular complexity index is 619. The number of hydrogen-bond donors (Lipinski definition) is 1. The first-order valence-electron chi connectivity index (χ1n) is 7.53. The van der Waals surface area contributed by atoms with Gasteiger partial charge in [-0.25, -0.2) is 0 Å². The van der Waals surface area contributed by atoms with Crippen molar-refractivity contribution in [2.75, 3.05) is 19.9 Å². The number of hydrogen-bond acceptors (Lipinski definition) is 5. The SMILES string of the molecule is CC1(C)CN(Cc2c(Cl)ccc3c2OCO3)CC(CC(=O)O)O1. The molecule has 0 aliphatic carbocycles. The average Bonchev–Trinajstić information content (AvgIpc) is 2.88. The molecule has 6 nitrogen and oxygen atoms in total. The monoisotopic (exact) mass is 341 g/mol. The van der Waals surface area contributed by atoms with Crippen molar-refractivity contribution in [3.05, 3.63) is 22.7 Å². The molecular formula is C16H20ClNO5. The molecule has 1 aromatic rings. The van der Waals surface area contributed by atoms with Gasteiger partial charge in [-0.1, -0.05) is 11.6 Å². The van der Waals surface area contributed by atoms with Crippen molar-refractivity contribution >= 4 is 17.6 Å². The molecule has 1 atom stereocenters. The van der Waals surface area contributed by atoms with Gasteiger partial charge in [0.2, 0.25) is 6.79 Å². The Morgan fingerprint density at radius 1 is 1.43 bits per heavy atom. The van der Waals surface area contributed by atoms with Crippen LogP contribution in [-0.2, 0) is 16.1 Å². The third kappa shape index (κ3) is 3.71. The zero-order valence-electron chi connectivity index (χ0n) is 13.2. The van der Waals surface area contributed by atoms with Gasteiger partial charge in [0.15, 0.2) is 11.5 Å². The molecule has 0 spiro atoms. The second kappa shape index (κ2) is 6.19. The van der Waals surface area contributed by atoms with Crippen molar-refractivity contribution < 1.29 is 24.1 Å². The van der Waals surface area contributed by atoms with Gasteiger partial charge in [-0.2, -0.15) is 0 Å². The summed E-state index contributed by atoms with van der Waals surface area (Å²) in [4.78, 5) is 13.1. The van der Waals surface area contributed by atoms with Crippen LogP contribution in [-0.4, -0.2) is 47.6 Å². The van der Waals surface area contributed by atoms with Gasteiger partial charge in [-0.3, -0.25) is 9.69 Å². The first kappa shape index (κ1) is 16.4. The van der Waals surface area contributed by atoms with Crippen LogP contribution in [0.5, 0.6) is 11.5 Å². The number of carboxylic acids is 1. The quantitative estimate of drug-likeness (QED) is 0.907. The van der Waals surface area contributed by atoms with Gasteiger partial charge in [0, 0.05) is 30.2 Å². The predicted molar refractivity (Wildman–Crippen MR) is 84.1 cm³/mol. The Hall–Kier alpha value is -1.50. The lowest BCUT2D eigenvalue weighted by Gasteiger charge is -2.42. The van der Waals surface area contributed by atoms with E-state index in [0.717, 1.165) is 5.56 Å². The molecule has 2 heterocycles. The molecule has 126 valence electrons. The zero-order valence-corrected chi connectivity index (χ0v) is 13.9. The highest BCUT2D eigenvalue weighted by Crippen LogP contribution is 2.40. The fourth-order valence-corrected chi connectivity index (χ4v) is 3.42. The summed E-state index contributed by atoms with van der Waals surface area (Å²) >= 11 is 6.33. The van der Waals surface area contributed by atoms with E-state index in [2.05, 4.69) is 4.90 Å². The van der Waals surface area contributed by atoms with Crippen LogP contribution in [0.15, 0.2) is 12.1 Å². The number of fused-ring (bicyclic) bond motifs is 1. The van der Waals surface area contributed by atoms with E-state index >= 15 is 0 Å². The third-order valence-corrected chi connectivity index (χ3v) is 4.27. The molecule has 0 bridgehead atoms. The van der Waals surface area contributed by atoms with Crippen LogP contribution < -0.4 is 9.47 Å². The highest BCUT2D eigenvalue weighted by atomic mass is 35.5. The van der Waals surface area contributed by atoms with E-state index in [-0.39, 0.29) is 19.3 Å². The smallest absolute Gasteiger partial charge is 0.306 e. The molecule has 1 aromatic carbocycles. The Balaban J connectivity index is 1.79. The van der Waals surface area contributed by atoms with Crippen molar-refractivity contribution in [2.24, 2.45) is 0 Å². The Morgan fingerprint density at radius 2 is 2.22 bits per heavy atom. The lowest BCUT2D eigenvalue weighted by atomic mass is 10.0. The highest BCUT2D eigenvalue weighted by molar-refractivity contribution is 6.31. The van der Waals surface area contributed by atoms with E-state index in [1.54, 1.807) is 12.1 Å².